The number of rotatable bonds is 7. The molecule has 1 unspecified atom stereocenters. The number of benzene rings is 1. The van der Waals surface area contributed by atoms with Crippen molar-refractivity contribution in [2.75, 3.05) is 13.1 Å². The second-order valence-corrected chi connectivity index (χ2v) is 8.31. The summed E-state index contributed by atoms with van der Waals surface area (Å²) in [5.74, 6) is 4.97. The van der Waals surface area contributed by atoms with Crippen molar-refractivity contribution < 1.29 is 4.74 Å². The number of aromatic amines is 1. The van der Waals surface area contributed by atoms with Gasteiger partial charge in [-0.15, -0.1) is 0 Å². The smallest absolute Gasteiger partial charge is 0.155 e. The number of nitrogens with zero attached hydrogens (tertiary/aromatic N) is 5. The lowest BCUT2D eigenvalue weighted by Gasteiger charge is -2.31. The van der Waals surface area contributed by atoms with Crippen LogP contribution in [0.1, 0.15) is 60.6 Å². The monoisotopic (exact) mass is 392 g/mol. The number of aromatic nitrogens is 5. The second kappa shape index (κ2) is 7.99. The number of likely N-dealkylation sites (tertiary alicyclic amines) is 1. The van der Waals surface area contributed by atoms with E-state index in [0.717, 1.165) is 42.9 Å². The van der Waals surface area contributed by atoms with Crippen LogP contribution in [-0.4, -0.2) is 42.7 Å². The summed E-state index contributed by atoms with van der Waals surface area (Å²) in [6.07, 6.45) is 8.61. The van der Waals surface area contributed by atoms with Crippen molar-refractivity contribution in [1.29, 1.82) is 0 Å². The minimum Gasteiger partial charge on any atom is -0.486 e. The third-order valence-electron chi connectivity index (χ3n) is 5.97. The number of H-pyrrole nitrogens is 1. The van der Waals surface area contributed by atoms with E-state index in [-0.39, 0.29) is 0 Å². The minimum atomic E-state index is 0.438. The Balaban J connectivity index is 1.15. The van der Waals surface area contributed by atoms with Gasteiger partial charge in [0.2, 0.25) is 0 Å². The van der Waals surface area contributed by atoms with Crippen LogP contribution in [0.15, 0.2) is 36.7 Å². The largest absolute Gasteiger partial charge is 0.486 e. The van der Waals surface area contributed by atoms with Crippen molar-refractivity contribution in [1.82, 2.24) is 29.6 Å². The van der Waals surface area contributed by atoms with Crippen LogP contribution in [0.4, 0.5) is 0 Å². The molecule has 5 rings (SSSR count). The molecule has 29 heavy (non-hydrogen) atoms. The Hall–Kier alpha value is -2.67. The van der Waals surface area contributed by atoms with Crippen LogP contribution in [0.5, 0.6) is 5.75 Å². The summed E-state index contributed by atoms with van der Waals surface area (Å²) < 4.78 is 7.84. The normalized spacial score (nSPS) is 20.1. The number of hydrogen-bond acceptors (Lipinski definition) is 5. The summed E-state index contributed by atoms with van der Waals surface area (Å²) in [5, 5.41) is 7.68. The Morgan fingerprint density at radius 1 is 1.14 bits per heavy atom. The molecule has 2 aromatic heterocycles. The van der Waals surface area contributed by atoms with Crippen LogP contribution >= 0.6 is 0 Å². The van der Waals surface area contributed by atoms with E-state index in [2.05, 4.69) is 44.3 Å². The van der Waals surface area contributed by atoms with Crippen LogP contribution < -0.4 is 4.74 Å². The molecule has 1 N–H and O–H groups in total. The highest BCUT2D eigenvalue weighted by molar-refractivity contribution is 5.27. The summed E-state index contributed by atoms with van der Waals surface area (Å²) in [7, 11) is 1.98. The van der Waals surface area contributed by atoms with Gasteiger partial charge < -0.3 is 9.30 Å². The Labute approximate surface area is 171 Å². The summed E-state index contributed by atoms with van der Waals surface area (Å²) >= 11 is 0. The first-order valence-electron chi connectivity index (χ1n) is 10.6. The molecule has 1 aromatic carbocycles. The van der Waals surface area contributed by atoms with Gasteiger partial charge in [-0.1, -0.05) is 12.1 Å². The Morgan fingerprint density at radius 3 is 2.76 bits per heavy atom. The summed E-state index contributed by atoms with van der Waals surface area (Å²) in [5.41, 5.74) is 1.31. The molecule has 3 aromatic rings. The van der Waals surface area contributed by atoms with Crippen LogP contribution in [0, 0.1) is 0 Å². The summed E-state index contributed by atoms with van der Waals surface area (Å²) in [6.45, 7) is 3.60. The minimum absolute atomic E-state index is 0.438. The number of nitrogens with one attached hydrogen (secondary N) is 1. The molecule has 2 fully saturated rings. The predicted molar refractivity (Wildman–Crippen MR) is 110 cm³/mol. The average molecular weight is 393 g/mol. The van der Waals surface area contributed by atoms with Crippen molar-refractivity contribution in [3.8, 4) is 5.75 Å². The second-order valence-electron chi connectivity index (χ2n) is 8.31. The Morgan fingerprint density at radius 2 is 2.00 bits per heavy atom. The average Bonchev–Trinajstić information content (AvgIpc) is 3.33. The quantitative estimate of drug-likeness (QED) is 0.667. The molecule has 1 saturated heterocycles. The van der Waals surface area contributed by atoms with E-state index < -0.39 is 0 Å². The van der Waals surface area contributed by atoms with Gasteiger partial charge >= 0.3 is 0 Å². The maximum absolute atomic E-state index is 5.86. The van der Waals surface area contributed by atoms with Crippen LogP contribution in [-0.2, 0) is 20.2 Å². The highest BCUT2D eigenvalue weighted by atomic mass is 16.5. The maximum atomic E-state index is 5.86. The zero-order valence-electron chi connectivity index (χ0n) is 16.9. The molecule has 1 aliphatic carbocycles. The van der Waals surface area contributed by atoms with Crippen LogP contribution in [0.25, 0.3) is 0 Å². The van der Waals surface area contributed by atoms with Crippen LogP contribution in [0.2, 0.25) is 0 Å². The molecule has 2 aliphatic rings. The lowest BCUT2D eigenvalue weighted by Crippen LogP contribution is -2.34. The molecule has 1 atom stereocenters. The van der Waals surface area contributed by atoms with Gasteiger partial charge in [-0.2, -0.15) is 5.10 Å². The first-order valence-corrected chi connectivity index (χ1v) is 10.6. The van der Waals surface area contributed by atoms with Gasteiger partial charge in [-0.25, -0.2) is 9.97 Å². The van der Waals surface area contributed by atoms with Crippen molar-refractivity contribution in [2.45, 2.75) is 50.7 Å². The molecule has 152 valence electrons. The summed E-state index contributed by atoms with van der Waals surface area (Å²) in [6, 6.07) is 8.43. The van der Waals surface area contributed by atoms with E-state index in [1.807, 2.05) is 17.8 Å². The molecule has 1 aliphatic heterocycles. The fraction of sp³-hybridized carbons (Fsp3) is 0.500. The van der Waals surface area contributed by atoms with Gasteiger partial charge in [-0.05, 0) is 49.9 Å². The van der Waals surface area contributed by atoms with Gasteiger partial charge in [0.25, 0.3) is 0 Å². The van der Waals surface area contributed by atoms with Crippen molar-refractivity contribution in [3.05, 3.63) is 59.7 Å². The molecule has 0 radical (unpaired) electrons. The van der Waals surface area contributed by atoms with E-state index in [9.17, 15) is 0 Å². The number of ether oxygens (including phenoxy) is 1. The van der Waals surface area contributed by atoms with E-state index in [0.29, 0.717) is 18.4 Å². The highest BCUT2D eigenvalue weighted by Gasteiger charge is 2.30. The van der Waals surface area contributed by atoms with E-state index in [1.54, 1.807) is 6.20 Å². The van der Waals surface area contributed by atoms with E-state index >= 15 is 0 Å². The van der Waals surface area contributed by atoms with Gasteiger partial charge in [0.1, 0.15) is 24.0 Å². The van der Waals surface area contributed by atoms with Gasteiger partial charge in [-0.3, -0.25) is 10.00 Å². The molecule has 0 bridgehead atoms. The zero-order valence-corrected chi connectivity index (χ0v) is 16.9. The van der Waals surface area contributed by atoms with E-state index in [1.165, 1.54) is 31.2 Å². The molecule has 7 nitrogen and oxygen atoms in total. The van der Waals surface area contributed by atoms with Crippen LogP contribution in [0.3, 0.4) is 0 Å². The Kier molecular flexibility index (Phi) is 5.06. The summed E-state index contributed by atoms with van der Waals surface area (Å²) in [4.78, 5) is 11.6. The molecular formula is C22H28N6O. The molecule has 0 amide bonds. The maximum Gasteiger partial charge on any atom is 0.155 e. The van der Waals surface area contributed by atoms with E-state index in [4.69, 9.17) is 9.72 Å². The molecule has 1 saturated carbocycles. The predicted octanol–water partition coefficient (Wildman–Crippen LogP) is 3.37. The molecular weight excluding hydrogens is 364 g/mol. The van der Waals surface area contributed by atoms with Gasteiger partial charge in [0.05, 0.1) is 0 Å². The first-order chi connectivity index (χ1) is 14.2. The third kappa shape index (κ3) is 4.34. The number of hydrogen-bond donors (Lipinski definition) is 1. The lowest BCUT2D eigenvalue weighted by atomic mass is 9.97. The zero-order chi connectivity index (χ0) is 19.6. The highest BCUT2D eigenvalue weighted by Crippen LogP contribution is 2.38. The number of piperidine rings is 1. The Bertz CT molecular complexity index is 942. The number of aryl methyl sites for hydroxylation is 1. The van der Waals surface area contributed by atoms with Gasteiger partial charge in [0.15, 0.2) is 5.82 Å². The van der Waals surface area contributed by atoms with Gasteiger partial charge in [0, 0.05) is 44.4 Å². The van der Waals surface area contributed by atoms with Crippen molar-refractivity contribution >= 4 is 0 Å². The van der Waals surface area contributed by atoms with Crippen molar-refractivity contribution in [3.63, 3.8) is 0 Å². The standard InChI is InChI=1S/C22H28N6O/c1-27-12-10-23-20(27)15-29-19-8-4-16(5-9-19)13-28-11-2-3-18(14-28)22-24-21(25-26-22)17-6-7-17/h4-5,8-10,12,17-18H,2-3,6-7,11,13-15H2,1H3,(H,24,25,26). The third-order valence-corrected chi connectivity index (χ3v) is 5.97. The fourth-order valence-electron chi connectivity index (χ4n) is 4.05. The van der Waals surface area contributed by atoms with Crippen molar-refractivity contribution in [2.24, 2.45) is 7.05 Å². The molecule has 7 heteroatoms. The number of imidazole rings is 1. The molecule has 0 spiro atoms. The molecule has 3 heterocycles. The lowest BCUT2D eigenvalue weighted by molar-refractivity contribution is 0.196. The SMILES string of the molecule is Cn1ccnc1COc1ccc(CN2CCCC(c3n[nH]c(C4CC4)n3)C2)cc1. The first kappa shape index (κ1) is 18.4. The topological polar surface area (TPSA) is 71.9 Å². The fourth-order valence-corrected chi connectivity index (χ4v) is 4.05.